The molecule has 0 aliphatic heterocycles. The van der Waals surface area contributed by atoms with Crippen LogP contribution in [0.1, 0.15) is 44.9 Å². The maximum absolute atomic E-state index is 12.4. The molecule has 0 aliphatic carbocycles. The van der Waals surface area contributed by atoms with E-state index in [9.17, 15) is 29.4 Å². The normalized spacial score (nSPS) is 10.4. The highest BCUT2D eigenvalue weighted by atomic mass is 16.5. The Labute approximate surface area is 216 Å². The van der Waals surface area contributed by atoms with Crippen LogP contribution in [0.5, 0.6) is 23.0 Å². The van der Waals surface area contributed by atoms with E-state index in [1.807, 2.05) is 0 Å². The number of hydrogen-bond donors (Lipinski definition) is 2. The number of ether oxygens (including phenoxy) is 2. The van der Waals surface area contributed by atoms with Gasteiger partial charge in [0.25, 0.3) is 0 Å². The molecular weight excluding hydrogens is 492 g/mol. The third-order valence-corrected chi connectivity index (χ3v) is 5.22. The lowest BCUT2D eigenvalue weighted by Gasteiger charge is -2.09. The van der Waals surface area contributed by atoms with Crippen molar-refractivity contribution in [2.24, 2.45) is 0 Å². The summed E-state index contributed by atoms with van der Waals surface area (Å²) in [6, 6.07) is 17.1. The van der Waals surface area contributed by atoms with Crippen LogP contribution < -0.4 is 9.47 Å². The first kappa shape index (κ1) is 25.7. The molecule has 0 saturated heterocycles. The van der Waals surface area contributed by atoms with Crippen molar-refractivity contribution >= 4 is 23.5 Å². The molecule has 0 fully saturated rings. The second kappa shape index (κ2) is 11.6. The van der Waals surface area contributed by atoms with E-state index in [0.717, 1.165) is 12.1 Å². The van der Waals surface area contributed by atoms with Crippen molar-refractivity contribution in [3.05, 3.63) is 108 Å². The van der Waals surface area contributed by atoms with Gasteiger partial charge in [0, 0.05) is 24.5 Å². The summed E-state index contributed by atoms with van der Waals surface area (Å²) < 4.78 is 10.2. The average molecular weight is 512 g/mol. The number of aromatic hydroxyl groups is 2. The van der Waals surface area contributed by atoms with Crippen molar-refractivity contribution in [1.82, 2.24) is 9.97 Å². The summed E-state index contributed by atoms with van der Waals surface area (Å²) >= 11 is 0. The minimum atomic E-state index is -0.774. The van der Waals surface area contributed by atoms with Gasteiger partial charge in [-0.15, -0.1) is 0 Å². The number of carbonyl (C=O) groups is 4. The maximum atomic E-state index is 12.4. The second-order valence-electron chi connectivity index (χ2n) is 7.89. The lowest BCUT2D eigenvalue weighted by Crippen LogP contribution is -2.14. The first-order chi connectivity index (χ1) is 18.3. The SMILES string of the molecule is O=C(CCC(=O)Oc1ccc(C(=O)c2ccccn2)c(O)c1)Oc1ccc(C(=O)c2ccccn2)c(O)c1. The molecule has 0 saturated carbocycles. The topological polar surface area (TPSA) is 153 Å². The van der Waals surface area contributed by atoms with E-state index in [1.54, 1.807) is 24.3 Å². The van der Waals surface area contributed by atoms with Gasteiger partial charge in [-0.25, -0.2) is 0 Å². The molecule has 0 aliphatic rings. The zero-order valence-electron chi connectivity index (χ0n) is 19.7. The van der Waals surface area contributed by atoms with E-state index in [1.165, 1.54) is 48.8 Å². The van der Waals surface area contributed by atoms with Gasteiger partial charge < -0.3 is 19.7 Å². The predicted molar refractivity (Wildman–Crippen MR) is 132 cm³/mol. The van der Waals surface area contributed by atoms with Gasteiger partial charge in [-0.05, 0) is 48.5 Å². The van der Waals surface area contributed by atoms with Gasteiger partial charge in [0.05, 0.1) is 24.0 Å². The molecule has 190 valence electrons. The fourth-order valence-corrected chi connectivity index (χ4v) is 3.37. The number of benzene rings is 2. The molecule has 10 nitrogen and oxygen atoms in total. The Kier molecular flexibility index (Phi) is 7.83. The molecule has 4 rings (SSSR count). The Bertz CT molecular complexity index is 1390. The van der Waals surface area contributed by atoms with Crippen LogP contribution in [0.2, 0.25) is 0 Å². The van der Waals surface area contributed by atoms with Crippen molar-refractivity contribution in [2.75, 3.05) is 0 Å². The molecule has 38 heavy (non-hydrogen) atoms. The van der Waals surface area contributed by atoms with E-state index >= 15 is 0 Å². The molecule has 2 aromatic carbocycles. The van der Waals surface area contributed by atoms with Crippen LogP contribution in [0.4, 0.5) is 0 Å². The number of aromatic nitrogens is 2. The summed E-state index contributed by atoms with van der Waals surface area (Å²) in [4.78, 5) is 57.1. The Hall–Kier alpha value is -5.38. The Morgan fingerprint density at radius 3 is 1.37 bits per heavy atom. The zero-order chi connectivity index (χ0) is 27.1. The van der Waals surface area contributed by atoms with Gasteiger partial charge >= 0.3 is 11.9 Å². The minimum Gasteiger partial charge on any atom is -0.507 e. The Morgan fingerprint density at radius 1 is 0.605 bits per heavy atom. The van der Waals surface area contributed by atoms with Crippen LogP contribution in [0.25, 0.3) is 0 Å². The van der Waals surface area contributed by atoms with Crippen molar-refractivity contribution in [1.29, 1.82) is 0 Å². The second-order valence-corrected chi connectivity index (χ2v) is 7.89. The van der Waals surface area contributed by atoms with Crippen LogP contribution >= 0.6 is 0 Å². The van der Waals surface area contributed by atoms with Gasteiger partial charge in [0.15, 0.2) is 0 Å². The molecule has 2 heterocycles. The van der Waals surface area contributed by atoms with Gasteiger partial charge in [0.1, 0.15) is 34.4 Å². The molecule has 0 amide bonds. The summed E-state index contributed by atoms with van der Waals surface area (Å²) in [7, 11) is 0. The molecule has 2 N–H and O–H groups in total. The number of rotatable bonds is 9. The Balaban J connectivity index is 1.29. The third-order valence-electron chi connectivity index (χ3n) is 5.22. The predicted octanol–water partition coefficient (Wildman–Crippen LogP) is 3.64. The summed E-state index contributed by atoms with van der Waals surface area (Å²) in [6.07, 6.45) is 2.23. The number of ketones is 2. The summed E-state index contributed by atoms with van der Waals surface area (Å²) in [5.74, 6) is -3.36. The van der Waals surface area contributed by atoms with Crippen LogP contribution in [-0.2, 0) is 9.59 Å². The standard InChI is InChI=1S/C28H20N2O8/c31-23-15-17(7-9-19(23)27(35)21-5-1-3-13-29-21)37-25(33)11-12-26(34)38-18-8-10-20(24(32)16-18)28(36)22-6-2-4-14-30-22/h1-10,13-16,31-32H,11-12H2. The summed E-state index contributed by atoms with van der Waals surface area (Å²) in [5, 5.41) is 20.4. The first-order valence-corrected chi connectivity index (χ1v) is 11.3. The van der Waals surface area contributed by atoms with Crippen molar-refractivity contribution in [3.8, 4) is 23.0 Å². The number of phenolic OH excluding ortho intramolecular Hbond substituents is 2. The van der Waals surface area contributed by atoms with Crippen molar-refractivity contribution in [3.63, 3.8) is 0 Å². The minimum absolute atomic E-state index is 0.0110. The zero-order valence-corrected chi connectivity index (χ0v) is 19.7. The van der Waals surface area contributed by atoms with Gasteiger partial charge in [-0.1, -0.05) is 12.1 Å². The summed E-state index contributed by atoms with van der Waals surface area (Å²) in [5.41, 5.74) is 0.272. The number of hydrogen-bond acceptors (Lipinski definition) is 10. The first-order valence-electron chi connectivity index (χ1n) is 11.3. The Morgan fingerprint density at radius 2 is 1.03 bits per heavy atom. The third kappa shape index (κ3) is 6.24. The van der Waals surface area contributed by atoms with Crippen LogP contribution in [0, 0.1) is 0 Å². The highest BCUT2D eigenvalue weighted by Crippen LogP contribution is 2.27. The van der Waals surface area contributed by atoms with E-state index in [2.05, 4.69) is 9.97 Å². The van der Waals surface area contributed by atoms with E-state index in [-0.39, 0.29) is 46.9 Å². The molecular formula is C28H20N2O8. The largest absolute Gasteiger partial charge is 0.507 e. The van der Waals surface area contributed by atoms with Gasteiger partial charge in [-0.3, -0.25) is 29.1 Å². The van der Waals surface area contributed by atoms with Crippen LogP contribution in [-0.4, -0.2) is 43.7 Å². The lowest BCUT2D eigenvalue weighted by molar-refractivity contribution is -0.140. The van der Waals surface area contributed by atoms with Crippen LogP contribution in [0.15, 0.2) is 85.2 Å². The summed E-state index contributed by atoms with van der Waals surface area (Å²) in [6.45, 7) is 0. The highest BCUT2D eigenvalue weighted by molar-refractivity contribution is 6.10. The number of nitrogens with zero attached hydrogens (tertiary/aromatic N) is 2. The molecule has 0 bridgehead atoms. The highest BCUT2D eigenvalue weighted by Gasteiger charge is 2.18. The lowest BCUT2D eigenvalue weighted by atomic mass is 10.1. The molecule has 4 aromatic rings. The number of esters is 2. The van der Waals surface area contributed by atoms with Crippen molar-refractivity contribution in [2.45, 2.75) is 12.8 Å². The fraction of sp³-hybridized carbons (Fsp3) is 0.0714. The molecule has 10 heteroatoms. The molecule has 0 radical (unpaired) electrons. The molecule has 0 unspecified atom stereocenters. The van der Waals surface area contributed by atoms with E-state index in [4.69, 9.17) is 9.47 Å². The van der Waals surface area contributed by atoms with E-state index < -0.39 is 35.0 Å². The quantitative estimate of drug-likeness (QED) is 0.193. The molecule has 0 atom stereocenters. The smallest absolute Gasteiger partial charge is 0.311 e. The average Bonchev–Trinajstić information content (AvgIpc) is 2.92. The number of carbonyl (C=O) groups excluding carboxylic acids is 4. The molecule has 0 spiro atoms. The monoisotopic (exact) mass is 512 g/mol. The van der Waals surface area contributed by atoms with Crippen LogP contribution in [0.3, 0.4) is 0 Å². The fourth-order valence-electron chi connectivity index (χ4n) is 3.37. The maximum Gasteiger partial charge on any atom is 0.311 e. The van der Waals surface area contributed by atoms with Crippen molar-refractivity contribution < 1.29 is 38.9 Å². The van der Waals surface area contributed by atoms with Gasteiger partial charge in [0.2, 0.25) is 11.6 Å². The number of pyridine rings is 2. The van der Waals surface area contributed by atoms with E-state index in [0.29, 0.717) is 0 Å². The number of phenols is 2. The van der Waals surface area contributed by atoms with Gasteiger partial charge in [-0.2, -0.15) is 0 Å². The molecule has 2 aromatic heterocycles.